The summed E-state index contributed by atoms with van der Waals surface area (Å²) in [4.78, 5) is 7.12. The van der Waals surface area contributed by atoms with Gasteiger partial charge in [-0.3, -0.25) is 0 Å². The van der Waals surface area contributed by atoms with Crippen LogP contribution in [0, 0.1) is 0 Å². The van der Waals surface area contributed by atoms with Gasteiger partial charge < -0.3 is 21.9 Å². The van der Waals surface area contributed by atoms with E-state index in [4.69, 9.17) is 28.8 Å². The van der Waals surface area contributed by atoms with Crippen molar-refractivity contribution in [3.05, 3.63) is 23.2 Å². The molecule has 1 aromatic rings. The summed E-state index contributed by atoms with van der Waals surface area (Å²) in [5, 5.41) is 0.0575. The van der Waals surface area contributed by atoms with E-state index in [-0.39, 0.29) is 22.6 Å². The molecule has 0 heterocycles. The van der Waals surface area contributed by atoms with Crippen molar-refractivity contribution in [2.24, 2.45) is 27.2 Å². The third-order valence-electron chi connectivity index (χ3n) is 1.90. The molecule has 1 aromatic carbocycles. The Labute approximate surface area is 127 Å². The van der Waals surface area contributed by atoms with Crippen LogP contribution in [0.3, 0.4) is 0 Å². The van der Waals surface area contributed by atoms with E-state index in [0.717, 1.165) is 12.1 Å². The van der Waals surface area contributed by atoms with Crippen LogP contribution in [-0.2, 0) is 0 Å². The zero-order chi connectivity index (χ0) is 16.2. The van der Waals surface area contributed by atoms with Crippen LogP contribution in [0.4, 0.5) is 18.9 Å². The maximum Gasteiger partial charge on any atom is 0.444 e. The predicted octanol–water partition coefficient (Wildman–Crippen LogP) is 2.07. The first-order valence-electron chi connectivity index (χ1n) is 5.20. The first-order valence-corrected chi connectivity index (χ1v) is 6.01. The van der Waals surface area contributed by atoms with Crippen molar-refractivity contribution in [2.75, 3.05) is 0 Å². The zero-order valence-electron chi connectivity index (χ0n) is 10.2. The number of nitrogens with zero attached hydrogens (tertiary/aromatic N) is 2. The highest BCUT2D eigenvalue weighted by Crippen LogP contribution is 2.34. The lowest BCUT2D eigenvalue weighted by molar-refractivity contribution is -0.198. The van der Waals surface area contributed by atoms with E-state index in [1.165, 1.54) is 6.07 Å². The summed E-state index contributed by atoms with van der Waals surface area (Å²) in [6.45, 7) is 0. The minimum absolute atomic E-state index is 0.0575. The second-order valence-corrected chi connectivity index (χ2v) is 4.37. The van der Waals surface area contributed by atoms with Crippen molar-refractivity contribution in [3.63, 3.8) is 0 Å². The molecule has 0 spiro atoms. The van der Waals surface area contributed by atoms with Crippen LogP contribution in [0.2, 0.25) is 5.02 Å². The Morgan fingerprint density at radius 2 is 1.90 bits per heavy atom. The van der Waals surface area contributed by atoms with Crippen LogP contribution in [0.15, 0.2) is 28.2 Å². The lowest BCUT2D eigenvalue weighted by atomic mass is 10.3. The number of guanidine groups is 2. The molecule has 0 aliphatic carbocycles. The number of hydrogen-bond donors (Lipinski definition) is 3. The normalized spacial score (nSPS) is 13.7. The highest BCUT2D eigenvalue weighted by Gasteiger charge is 2.42. The van der Waals surface area contributed by atoms with Crippen molar-refractivity contribution in [2.45, 2.75) is 11.7 Å². The third-order valence-corrected chi connectivity index (χ3v) is 2.48. The molecule has 116 valence electrons. The van der Waals surface area contributed by atoms with Crippen molar-refractivity contribution < 1.29 is 17.9 Å². The molecule has 0 amide bonds. The summed E-state index contributed by atoms with van der Waals surface area (Å²) >= 11 is 10.5. The van der Waals surface area contributed by atoms with Gasteiger partial charge >= 0.3 is 6.11 Å². The van der Waals surface area contributed by atoms with E-state index in [1.807, 2.05) is 0 Å². The Balaban J connectivity index is 3.09. The number of alkyl halides is 4. The topological polar surface area (TPSA) is 112 Å². The number of nitrogens with two attached hydrogens (primary N) is 3. The molecule has 0 saturated carbocycles. The fourth-order valence-electron chi connectivity index (χ4n) is 1.12. The van der Waals surface area contributed by atoms with Gasteiger partial charge in [0.05, 0.1) is 10.7 Å². The number of halogens is 5. The molecule has 0 aromatic heterocycles. The van der Waals surface area contributed by atoms with Gasteiger partial charge in [0.25, 0.3) is 5.63 Å². The molecule has 1 atom stereocenters. The molecular weight excluding hydrogens is 334 g/mol. The van der Waals surface area contributed by atoms with Gasteiger partial charge in [0, 0.05) is 6.07 Å². The molecule has 0 radical (unpaired) electrons. The highest BCUT2D eigenvalue weighted by molar-refractivity contribution is 6.33. The van der Waals surface area contributed by atoms with E-state index in [1.54, 1.807) is 0 Å². The Morgan fingerprint density at radius 1 is 1.29 bits per heavy atom. The molecule has 11 heteroatoms. The Hall–Kier alpha value is -1.87. The monoisotopic (exact) mass is 343 g/mol. The van der Waals surface area contributed by atoms with Gasteiger partial charge in [-0.25, -0.2) is 9.38 Å². The Kier molecular flexibility index (Phi) is 5.50. The van der Waals surface area contributed by atoms with Crippen LogP contribution in [0.25, 0.3) is 0 Å². The van der Waals surface area contributed by atoms with Gasteiger partial charge in [-0.2, -0.15) is 13.8 Å². The summed E-state index contributed by atoms with van der Waals surface area (Å²) in [6, 6.07) is 3.26. The van der Waals surface area contributed by atoms with E-state index < -0.39 is 17.5 Å². The minimum atomic E-state index is -4.22. The maximum absolute atomic E-state index is 13.0. The molecule has 1 unspecified atom stereocenters. The van der Waals surface area contributed by atoms with Gasteiger partial charge in [0.2, 0.25) is 5.96 Å². The molecule has 6 N–H and O–H groups in total. The highest BCUT2D eigenvalue weighted by atomic mass is 35.5. The van der Waals surface area contributed by atoms with Gasteiger partial charge in [-0.05, 0) is 12.1 Å². The van der Waals surface area contributed by atoms with Gasteiger partial charge in [-0.1, -0.05) is 23.2 Å². The lowest BCUT2D eigenvalue weighted by Gasteiger charge is -2.17. The molecule has 0 saturated heterocycles. The first kappa shape index (κ1) is 17.2. The van der Waals surface area contributed by atoms with Crippen molar-refractivity contribution in [3.8, 4) is 5.75 Å². The summed E-state index contributed by atoms with van der Waals surface area (Å²) in [7, 11) is 0. The van der Waals surface area contributed by atoms with Crippen LogP contribution >= 0.6 is 23.2 Å². The molecule has 0 aliphatic rings. The fourth-order valence-corrected chi connectivity index (χ4v) is 1.33. The Bertz CT molecular complexity index is 576. The molecule has 0 aliphatic heterocycles. The average molecular weight is 344 g/mol. The SMILES string of the molecule is NC(N)=NC(N)=Nc1cc(OC(F)(F)C(F)Cl)ccc1Cl. The van der Waals surface area contributed by atoms with E-state index in [0.29, 0.717) is 0 Å². The smallest absolute Gasteiger partial charge is 0.429 e. The quantitative estimate of drug-likeness (QED) is 0.441. The maximum atomic E-state index is 13.0. The lowest BCUT2D eigenvalue weighted by Crippen LogP contribution is -2.32. The Morgan fingerprint density at radius 3 is 2.43 bits per heavy atom. The molecule has 0 bridgehead atoms. The average Bonchev–Trinajstić information content (AvgIpc) is 2.31. The molecule has 21 heavy (non-hydrogen) atoms. The van der Waals surface area contributed by atoms with Gasteiger partial charge in [0.15, 0.2) is 5.96 Å². The number of aliphatic imine (C=N–C) groups is 2. The minimum Gasteiger partial charge on any atom is -0.429 e. The standard InChI is InChI=1S/C10H10Cl2F3N5O/c11-5-2-1-4(21-10(14,15)7(12)13)3-6(5)19-9(18)20-8(16)17/h1-3,7H,(H6,16,17,18,19,20). The van der Waals surface area contributed by atoms with Crippen molar-refractivity contribution in [1.29, 1.82) is 0 Å². The van der Waals surface area contributed by atoms with E-state index in [9.17, 15) is 13.2 Å². The number of hydrogen-bond acceptors (Lipinski definition) is 2. The third kappa shape index (κ3) is 5.20. The fraction of sp³-hybridized carbons (Fsp3) is 0.200. The van der Waals surface area contributed by atoms with Crippen LogP contribution in [0.1, 0.15) is 0 Å². The van der Waals surface area contributed by atoms with E-state index in [2.05, 4.69) is 26.3 Å². The molecule has 6 nitrogen and oxygen atoms in total. The molecule has 1 rings (SSSR count). The van der Waals surface area contributed by atoms with Crippen LogP contribution in [0.5, 0.6) is 5.75 Å². The van der Waals surface area contributed by atoms with Gasteiger partial charge in [0.1, 0.15) is 5.75 Å². The summed E-state index contributed by atoms with van der Waals surface area (Å²) in [6.07, 6.45) is -4.22. The largest absolute Gasteiger partial charge is 0.444 e. The molecular formula is C10H10Cl2F3N5O. The first-order chi connectivity index (χ1) is 9.61. The van der Waals surface area contributed by atoms with E-state index >= 15 is 0 Å². The van der Waals surface area contributed by atoms with Crippen LogP contribution in [-0.4, -0.2) is 23.7 Å². The second-order valence-electron chi connectivity index (χ2n) is 3.58. The summed E-state index contributed by atoms with van der Waals surface area (Å²) in [5.41, 5.74) is 12.5. The second kappa shape index (κ2) is 6.72. The number of benzene rings is 1. The predicted molar refractivity (Wildman–Crippen MR) is 74.9 cm³/mol. The van der Waals surface area contributed by atoms with Crippen molar-refractivity contribution in [1.82, 2.24) is 0 Å². The summed E-state index contributed by atoms with van der Waals surface area (Å²) < 4.78 is 42.6. The van der Waals surface area contributed by atoms with Crippen molar-refractivity contribution >= 4 is 40.8 Å². The molecule has 0 fully saturated rings. The number of ether oxygens (including phenoxy) is 1. The summed E-state index contributed by atoms with van der Waals surface area (Å²) in [5.74, 6) is -1.14. The zero-order valence-corrected chi connectivity index (χ0v) is 11.7. The number of rotatable bonds is 4. The van der Waals surface area contributed by atoms with Gasteiger partial charge in [-0.15, -0.1) is 0 Å². The van der Waals surface area contributed by atoms with Crippen LogP contribution < -0.4 is 21.9 Å².